The lowest BCUT2D eigenvalue weighted by molar-refractivity contribution is -0.144. The van der Waals surface area contributed by atoms with Crippen molar-refractivity contribution in [1.29, 1.82) is 0 Å². The molecule has 1 unspecified atom stereocenters. The third-order valence-electron chi connectivity index (χ3n) is 4.95. The van der Waals surface area contributed by atoms with Gasteiger partial charge in [-0.2, -0.15) is 0 Å². The number of hydrogen-bond donors (Lipinski definition) is 1. The molecule has 0 spiro atoms. The van der Waals surface area contributed by atoms with Gasteiger partial charge in [-0.05, 0) is 68.7 Å². The van der Waals surface area contributed by atoms with E-state index in [-0.39, 0.29) is 23.2 Å². The fourth-order valence-electron chi connectivity index (χ4n) is 3.35. The Morgan fingerprint density at radius 3 is 2.56 bits per heavy atom. The summed E-state index contributed by atoms with van der Waals surface area (Å²) in [6, 6.07) is 6.72. The van der Waals surface area contributed by atoms with E-state index in [9.17, 15) is 9.90 Å². The summed E-state index contributed by atoms with van der Waals surface area (Å²) in [6.07, 6.45) is 12.4. The van der Waals surface area contributed by atoms with Gasteiger partial charge in [-0.15, -0.1) is 0 Å². The normalized spacial score (nSPS) is 25.0. The van der Waals surface area contributed by atoms with Crippen LogP contribution in [0, 0.1) is 5.41 Å². The first kappa shape index (κ1) is 21.0. The lowest BCUT2D eigenvalue weighted by atomic mass is 9.81. The van der Waals surface area contributed by atoms with Crippen molar-refractivity contribution in [3.63, 3.8) is 0 Å². The molecule has 27 heavy (non-hydrogen) atoms. The van der Waals surface area contributed by atoms with Crippen molar-refractivity contribution in [2.24, 2.45) is 5.41 Å². The summed E-state index contributed by atoms with van der Waals surface area (Å²) in [7, 11) is 0. The molecule has 1 atom stereocenters. The minimum absolute atomic E-state index is 0.0809. The predicted molar refractivity (Wildman–Crippen MR) is 111 cm³/mol. The van der Waals surface area contributed by atoms with Gasteiger partial charge in [-0.3, -0.25) is 0 Å². The van der Waals surface area contributed by atoms with Crippen molar-refractivity contribution in [2.75, 3.05) is 0 Å². The Labute approximate surface area is 163 Å². The number of phenolic OH excluding ortho intramolecular Hbond substituents is 1. The molecular formula is C24H32O3. The number of ether oxygens (including phenoxy) is 1. The largest absolute Gasteiger partial charge is 0.508 e. The molecule has 1 aliphatic rings. The van der Waals surface area contributed by atoms with Gasteiger partial charge in [0.1, 0.15) is 11.9 Å². The highest BCUT2D eigenvalue weighted by Crippen LogP contribution is 2.32. The number of hydrogen-bond acceptors (Lipinski definition) is 3. The zero-order valence-corrected chi connectivity index (χ0v) is 17.0. The quantitative estimate of drug-likeness (QED) is 0.392. The predicted octanol–water partition coefficient (Wildman–Crippen LogP) is 6.20. The zero-order valence-electron chi connectivity index (χ0n) is 17.0. The summed E-state index contributed by atoms with van der Waals surface area (Å²) in [6.45, 7) is 8.79. The Balaban J connectivity index is 2.07. The number of carbonyl (C=O) groups excluding carboxylic acids is 1. The lowest BCUT2D eigenvalue weighted by Gasteiger charge is -2.29. The molecule has 0 aromatic heterocycles. The number of benzene rings is 1. The Morgan fingerprint density at radius 2 is 1.85 bits per heavy atom. The first-order chi connectivity index (χ1) is 12.7. The van der Waals surface area contributed by atoms with Gasteiger partial charge in [-0.25, -0.2) is 4.79 Å². The topological polar surface area (TPSA) is 46.5 Å². The molecule has 146 valence electrons. The molecule has 0 saturated carbocycles. The number of allylic oxidation sites excluding steroid dienone is 3. The summed E-state index contributed by atoms with van der Waals surface area (Å²) in [5, 5.41) is 9.33. The average Bonchev–Trinajstić information content (AvgIpc) is 2.60. The van der Waals surface area contributed by atoms with Gasteiger partial charge in [0.25, 0.3) is 0 Å². The maximum atomic E-state index is 12.4. The second-order valence-electron chi connectivity index (χ2n) is 8.40. The molecular weight excluding hydrogens is 336 g/mol. The molecule has 0 bridgehead atoms. The zero-order chi connectivity index (χ0) is 19.9. The van der Waals surface area contributed by atoms with Crippen molar-refractivity contribution < 1.29 is 14.6 Å². The van der Waals surface area contributed by atoms with Crippen LogP contribution in [-0.4, -0.2) is 17.2 Å². The van der Waals surface area contributed by atoms with Crippen LogP contribution in [-0.2, 0) is 9.53 Å². The number of rotatable bonds is 3. The summed E-state index contributed by atoms with van der Waals surface area (Å²) in [4.78, 5) is 12.4. The van der Waals surface area contributed by atoms with Crippen molar-refractivity contribution in [2.45, 2.75) is 65.9 Å². The molecule has 1 N–H and O–H groups in total. The van der Waals surface area contributed by atoms with Gasteiger partial charge >= 0.3 is 5.97 Å². The van der Waals surface area contributed by atoms with Crippen LogP contribution in [0.1, 0.15) is 65.4 Å². The van der Waals surface area contributed by atoms with Crippen molar-refractivity contribution in [1.82, 2.24) is 0 Å². The highest BCUT2D eigenvalue weighted by atomic mass is 16.5. The van der Waals surface area contributed by atoms with Crippen LogP contribution >= 0.6 is 0 Å². The smallest absolute Gasteiger partial charge is 0.331 e. The summed E-state index contributed by atoms with van der Waals surface area (Å²) in [5.74, 6) is -0.112. The van der Waals surface area contributed by atoms with Gasteiger partial charge in [0.2, 0.25) is 0 Å². The van der Waals surface area contributed by atoms with E-state index >= 15 is 0 Å². The van der Waals surface area contributed by atoms with E-state index in [2.05, 4.69) is 39.8 Å². The SMILES string of the molecule is C/C1=C\CC(C)(C)CC(OC(=O)/C=C/c2ccc(O)cc2)C/C(C)=C/CC1. The van der Waals surface area contributed by atoms with Crippen LogP contribution in [0.3, 0.4) is 0 Å². The van der Waals surface area contributed by atoms with E-state index in [1.165, 1.54) is 17.2 Å². The van der Waals surface area contributed by atoms with Gasteiger partial charge in [0.05, 0.1) is 0 Å². The van der Waals surface area contributed by atoms with Crippen molar-refractivity contribution >= 4 is 12.0 Å². The number of aromatic hydroxyl groups is 1. The summed E-state index contributed by atoms with van der Waals surface area (Å²) >= 11 is 0. The molecule has 1 aromatic rings. The van der Waals surface area contributed by atoms with Gasteiger partial charge in [0, 0.05) is 12.5 Å². The van der Waals surface area contributed by atoms with Crippen LogP contribution in [0.5, 0.6) is 5.75 Å². The van der Waals surface area contributed by atoms with Crippen LogP contribution in [0.2, 0.25) is 0 Å². The van der Waals surface area contributed by atoms with Crippen LogP contribution < -0.4 is 0 Å². The molecule has 0 amide bonds. The maximum absolute atomic E-state index is 12.4. The average molecular weight is 369 g/mol. The standard InChI is InChI=1S/C24H32O3/c1-18-6-5-7-19(2)16-22(17-24(3,4)15-14-18)27-23(26)13-10-20-8-11-21(25)12-9-20/h7-14,22,25H,5-6,15-17H2,1-4H3/b13-10+,18-14+,19-7+. The molecule has 3 nitrogen and oxygen atoms in total. The molecule has 0 radical (unpaired) electrons. The summed E-state index contributed by atoms with van der Waals surface area (Å²) < 4.78 is 5.81. The molecule has 0 heterocycles. The molecule has 0 fully saturated rings. The molecule has 0 aliphatic heterocycles. The Morgan fingerprint density at radius 1 is 1.15 bits per heavy atom. The van der Waals surface area contributed by atoms with Crippen LogP contribution in [0.4, 0.5) is 0 Å². The molecule has 1 aliphatic carbocycles. The van der Waals surface area contributed by atoms with Crippen LogP contribution in [0.15, 0.2) is 53.6 Å². The minimum Gasteiger partial charge on any atom is -0.508 e. The highest BCUT2D eigenvalue weighted by Gasteiger charge is 2.25. The van der Waals surface area contributed by atoms with Crippen LogP contribution in [0.25, 0.3) is 6.08 Å². The fraction of sp³-hybridized carbons (Fsp3) is 0.458. The first-order valence-corrected chi connectivity index (χ1v) is 9.72. The third-order valence-corrected chi connectivity index (χ3v) is 4.95. The molecule has 0 saturated heterocycles. The lowest BCUT2D eigenvalue weighted by Crippen LogP contribution is -2.25. The second-order valence-corrected chi connectivity index (χ2v) is 8.40. The second kappa shape index (κ2) is 9.59. The van der Waals surface area contributed by atoms with E-state index in [1.54, 1.807) is 30.3 Å². The highest BCUT2D eigenvalue weighted by molar-refractivity contribution is 5.87. The minimum atomic E-state index is -0.321. The fourth-order valence-corrected chi connectivity index (χ4v) is 3.35. The van der Waals surface area contributed by atoms with E-state index in [0.29, 0.717) is 0 Å². The van der Waals surface area contributed by atoms with E-state index in [4.69, 9.17) is 4.74 Å². The maximum Gasteiger partial charge on any atom is 0.331 e. The van der Waals surface area contributed by atoms with E-state index in [0.717, 1.165) is 37.7 Å². The molecule has 2 rings (SSSR count). The Hall–Kier alpha value is -2.29. The van der Waals surface area contributed by atoms with Gasteiger partial charge in [0.15, 0.2) is 0 Å². The molecule has 1 aromatic carbocycles. The van der Waals surface area contributed by atoms with Crippen molar-refractivity contribution in [3.8, 4) is 5.75 Å². The van der Waals surface area contributed by atoms with Gasteiger partial charge < -0.3 is 9.84 Å². The number of esters is 1. The Kier molecular flexibility index (Phi) is 7.46. The Bertz CT molecular complexity index is 720. The summed E-state index contributed by atoms with van der Waals surface area (Å²) in [5.41, 5.74) is 3.64. The molecule has 3 heteroatoms. The number of phenols is 1. The first-order valence-electron chi connectivity index (χ1n) is 9.72. The third kappa shape index (κ3) is 7.86. The van der Waals surface area contributed by atoms with E-state index < -0.39 is 0 Å². The monoisotopic (exact) mass is 368 g/mol. The van der Waals surface area contributed by atoms with Crippen molar-refractivity contribution in [3.05, 3.63) is 59.2 Å². The van der Waals surface area contributed by atoms with E-state index in [1.807, 2.05) is 0 Å². The van der Waals surface area contributed by atoms with Gasteiger partial charge in [-0.1, -0.05) is 49.3 Å². The number of carbonyl (C=O) groups is 1.